The molecule has 3 rings (SSSR count). The number of ether oxygens (including phenoxy) is 2. The third-order valence-electron chi connectivity index (χ3n) is 4.29. The molecule has 0 radical (unpaired) electrons. The normalized spacial score (nSPS) is 10.9. The average molecular weight is 524 g/mol. The lowest BCUT2D eigenvalue weighted by Crippen LogP contribution is -2.21. The number of anilines is 3. The molecule has 11 nitrogen and oxygen atoms in total. The van der Waals surface area contributed by atoms with E-state index in [0.29, 0.717) is 5.69 Å². The number of rotatable bonds is 9. The zero-order valence-corrected chi connectivity index (χ0v) is 20.5. The molecule has 0 saturated carbocycles. The van der Waals surface area contributed by atoms with E-state index in [-0.39, 0.29) is 46.1 Å². The average Bonchev–Trinajstić information content (AvgIpc) is 3.21. The van der Waals surface area contributed by atoms with Gasteiger partial charge in [0.1, 0.15) is 0 Å². The number of carbonyl (C=O) groups excluding carboxylic acids is 2. The lowest BCUT2D eigenvalue weighted by Gasteiger charge is -2.16. The topological polar surface area (TPSA) is 148 Å². The second kappa shape index (κ2) is 11.0. The van der Waals surface area contributed by atoms with Crippen LogP contribution in [-0.4, -0.2) is 45.8 Å². The van der Waals surface area contributed by atoms with Gasteiger partial charge in [-0.1, -0.05) is 6.07 Å². The van der Waals surface area contributed by atoms with Crippen LogP contribution in [-0.2, 0) is 21.2 Å². The van der Waals surface area contributed by atoms with E-state index in [4.69, 9.17) is 9.47 Å². The molecule has 3 amide bonds. The minimum Gasteiger partial charge on any atom is -0.493 e. The monoisotopic (exact) mass is 523 g/mol. The molecule has 0 fully saturated rings. The summed E-state index contributed by atoms with van der Waals surface area (Å²) in [5, 5.41) is 9.40. The molecular weight excluding hydrogens is 501 g/mol. The van der Waals surface area contributed by atoms with Crippen LogP contribution >= 0.6 is 11.3 Å². The Kier molecular flexibility index (Phi) is 8.09. The van der Waals surface area contributed by atoms with Crippen molar-refractivity contribution in [2.45, 2.75) is 6.42 Å². The van der Waals surface area contributed by atoms with Crippen molar-refractivity contribution in [2.24, 2.45) is 0 Å². The number of hydrogen-bond acceptors (Lipinski definition) is 8. The first kappa shape index (κ1) is 25.7. The molecule has 3 aromatic rings. The smallest absolute Gasteiger partial charge is 0.325 e. The Labute approximate surface area is 204 Å². The maximum absolute atomic E-state index is 14.4. The molecule has 0 bridgehead atoms. The van der Waals surface area contributed by atoms with Crippen LogP contribution in [0.1, 0.15) is 5.69 Å². The fourth-order valence-electron chi connectivity index (χ4n) is 2.80. The van der Waals surface area contributed by atoms with Crippen LogP contribution in [0.5, 0.6) is 17.2 Å². The molecule has 0 saturated heterocycles. The predicted molar refractivity (Wildman–Crippen MR) is 130 cm³/mol. The molecule has 1 heterocycles. The molecule has 0 aliphatic carbocycles. The van der Waals surface area contributed by atoms with E-state index >= 15 is 0 Å². The van der Waals surface area contributed by atoms with Crippen molar-refractivity contribution in [1.82, 2.24) is 10.3 Å². The number of amides is 3. The van der Waals surface area contributed by atoms with E-state index < -0.39 is 21.9 Å². The summed E-state index contributed by atoms with van der Waals surface area (Å²) in [7, 11) is -0.758. The van der Waals surface area contributed by atoms with Gasteiger partial charge >= 0.3 is 6.03 Å². The Balaban J connectivity index is 1.86. The van der Waals surface area contributed by atoms with E-state index in [0.717, 1.165) is 17.6 Å². The minimum absolute atomic E-state index is 0.0158. The van der Waals surface area contributed by atoms with Crippen LogP contribution in [0.3, 0.4) is 0 Å². The standard InChI is InChI=1S/C21H22FN5O6S2/c1-23-18(28)10-13-11-34-21(24-13)26-20(29)25-15-9-12(27-35(3,30)31)7-8-16(15)33-19-14(22)5-4-6-17(19)32-2/h4-9,11,27H,10H2,1-3H3,(H,23,28)(H2,24,25,26,29). The van der Waals surface area contributed by atoms with Crippen LogP contribution < -0.4 is 30.1 Å². The van der Waals surface area contributed by atoms with E-state index in [9.17, 15) is 22.4 Å². The van der Waals surface area contributed by atoms with Crippen molar-refractivity contribution < 1.29 is 31.9 Å². The summed E-state index contributed by atoms with van der Waals surface area (Å²) in [4.78, 5) is 28.3. The van der Waals surface area contributed by atoms with Crippen LogP contribution in [0.4, 0.5) is 25.7 Å². The van der Waals surface area contributed by atoms with E-state index in [1.54, 1.807) is 5.38 Å². The van der Waals surface area contributed by atoms with Gasteiger partial charge in [-0.05, 0) is 30.3 Å². The Morgan fingerprint density at radius 1 is 1.14 bits per heavy atom. The zero-order chi connectivity index (χ0) is 25.6. The van der Waals surface area contributed by atoms with Crippen LogP contribution in [0, 0.1) is 5.82 Å². The molecule has 0 atom stereocenters. The van der Waals surface area contributed by atoms with Crippen molar-refractivity contribution in [2.75, 3.05) is 35.8 Å². The maximum atomic E-state index is 14.4. The second-order valence-corrected chi connectivity index (χ2v) is 9.64. The second-order valence-electron chi connectivity index (χ2n) is 7.03. The lowest BCUT2D eigenvalue weighted by atomic mass is 10.2. The summed E-state index contributed by atoms with van der Waals surface area (Å²) in [6, 6.07) is 7.44. The number of aromatic nitrogens is 1. The Hall–Kier alpha value is -3.91. The molecule has 35 heavy (non-hydrogen) atoms. The molecule has 0 aliphatic rings. The van der Waals surface area contributed by atoms with Gasteiger partial charge in [0.15, 0.2) is 22.4 Å². The predicted octanol–water partition coefficient (Wildman–Crippen LogP) is 3.39. The van der Waals surface area contributed by atoms with Crippen LogP contribution in [0.2, 0.25) is 0 Å². The Morgan fingerprint density at radius 2 is 1.91 bits per heavy atom. The highest BCUT2D eigenvalue weighted by molar-refractivity contribution is 7.92. The van der Waals surface area contributed by atoms with Gasteiger partial charge < -0.3 is 20.1 Å². The summed E-state index contributed by atoms with van der Waals surface area (Å²) in [6.45, 7) is 0. The van der Waals surface area contributed by atoms with Gasteiger partial charge in [0, 0.05) is 12.4 Å². The number of hydrogen-bond donors (Lipinski definition) is 4. The van der Waals surface area contributed by atoms with Gasteiger partial charge in [-0.2, -0.15) is 0 Å². The van der Waals surface area contributed by atoms with Crippen LogP contribution in [0.15, 0.2) is 41.8 Å². The van der Waals surface area contributed by atoms with Gasteiger partial charge in [0.25, 0.3) is 0 Å². The first-order chi connectivity index (χ1) is 16.6. The summed E-state index contributed by atoms with van der Waals surface area (Å²) < 4.78 is 50.8. The quantitative estimate of drug-likeness (QED) is 0.336. The largest absolute Gasteiger partial charge is 0.493 e. The molecule has 186 valence electrons. The third kappa shape index (κ3) is 7.28. The number of carbonyl (C=O) groups is 2. The van der Waals surface area contributed by atoms with Crippen molar-refractivity contribution in [3.8, 4) is 17.2 Å². The third-order valence-corrected chi connectivity index (χ3v) is 5.70. The van der Waals surface area contributed by atoms with Gasteiger partial charge in [-0.25, -0.2) is 22.6 Å². The fourth-order valence-corrected chi connectivity index (χ4v) is 4.06. The number of nitrogens with zero attached hydrogens (tertiary/aromatic N) is 1. The van der Waals surface area contributed by atoms with Crippen molar-refractivity contribution in [1.29, 1.82) is 0 Å². The SMILES string of the molecule is CNC(=O)Cc1csc(NC(=O)Nc2cc(NS(C)(=O)=O)ccc2Oc2c(F)cccc2OC)n1. The fraction of sp³-hybridized carbons (Fsp3) is 0.190. The number of likely N-dealkylation sites (N-methyl/N-ethyl adjacent to an activating group) is 1. The molecule has 0 aliphatic heterocycles. The number of methoxy groups -OCH3 is 1. The summed E-state index contributed by atoms with van der Waals surface area (Å²) in [5.74, 6) is -1.02. The van der Waals surface area contributed by atoms with Gasteiger partial charge in [0.05, 0.1) is 36.9 Å². The zero-order valence-electron chi connectivity index (χ0n) is 18.8. The van der Waals surface area contributed by atoms with E-state index in [1.165, 1.54) is 50.6 Å². The molecule has 2 aromatic carbocycles. The highest BCUT2D eigenvalue weighted by Gasteiger charge is 2.17. The number of nitrogens with one attached hydrogen (secondary N) is 4. The number of halogens is 1. The number of urea groups is 1. The Morgan fingerprint density at radius 3 is 2.60 bits per heavy atom. The number of benzene rings is 2. The minimum atomic E-state index is -3.61. The van der Waals surface area contributed by atoms with Crippen molar-refractivity contribution in [3.63, 3.8) is 0 Å². The van der Waals surface area contributed by atoms with E-state index in [2.05, 4.69) is 25.7 Å². The highest BCUT2D eigenvalue weighted by Crippen LogP contribution is 2.38. The first-order valence-corrected chi connectivity index (χ1v) is 12.7. The Bertz CT molecular complexity index is 1350. The molecule has 1 aromatic heterocycles. The van der Waals surface area contributed by atoms with Crippen molar-refractivity contribution >= 4 is 49.8 Å². The van der Waals surface area contributed by atoms with E-state index in [1.807, 2.05) is 0 Å². The molecule has 0 unspecified atom stereocenters. The van der Waals surface area contributed by atoms with Gasteiger partial charge in [0.2, 0.25) is 21.7 Å². The number of sulfonamides is 1. The maximum Gasteiger partial charge on any atom is 0.325 e. The summed E-state index contributed by atoms with van der Waals surface area (Å²) >= 11 is 1.11. The summed E-state index contributed by atoms with van der Waals surface area (Å²) in [6.07, 6.45) is 1.03. The van der Waals surface area contributed by atoms with Gasteiger partial charge in [-0.3, -0.25) is 14.8 Å². The molecule has 0 spiro atoms. The first-order valence-electron chi connectivity index (χ1n) is 9.93. The molecule has 14 heteroatoms. The van der Waals surface area contributed by atoms with Crippen LogP contribution in [0.25, 0.3) is 0 Å². The molecule has 4 N–H and O–H groups in total. The number of para-hydroxylation sites is 1. The van der Waals surface area contributed by atoms with Gasteiger partial charge in [-0.15, -0.1) is 11.3 Å². The van der Waals surface area contributed by atoms with Crippen molar-refractivity contribution in [3.05, 3.63) is 53.3 Å². The highest BCUT2D eigenvalue weighted by atomic mass is 32.2. The summed E-state index contributed by atoms with van der Waals surface area (Å²) in [5.41, 5.74) is 0.640. The molecular formula is C21H22FN5O6S2. The lowest BCUT2D eigenvalue weighted by molar-refractivity contribution is -0.120. The number of thiazole rings is 1.